The van der Waals surface area contributed by atoms with Crippen molar-refractivity contribution < 1.29 is 14.1 Å². The number of halogens is 2. The van der Waals surface area contributed by atoms with Crippen LogP contribution in [-0.2, 0) is 6.54 Å². The van der Waals surface area contributed by atoms with Crippen molar-refractivity contribution in [3.8, 4) is 17.1 Å². The summed E-state index contributed by atoms with van der Waals surface area (Å²) < 4.78 is 10.4. The van der Waals surface area contributed by atoms with E-state index >= 15 is 0 Å². The summed E-state index contributed by atoms with van der Waals surface area (Å²) in [6.45, 7) is 0.0694. The molecular formula is C17H13Cl2N3O3. The smallest absolute Gasteiger partial charge is 0.253 e. The average molecular weight is 378 g/mol. The van der Waals surface area contributed by atoms with Crippen LogP contribution in [0.2, 0.25) is 10.0 Å². The minimum Gasteiger partial charge on any atom is -0.496 e. The number of aromatic nitrogens is 2. The Morgan fingerprint density at radius 3 is 2.80 bits per heavy atom. The lowest BCUT2D eigenvalue weighted by Crippen LogP contribution is -2.23. The highest BCUT2D eigenvalue weighted by molar-refractivity contribution is 6.36. The summed E-state index contributed by atoms with van der Waals surface area (Å²) in [7, 11) is 1.57. The first-order valence-corrected chi connectivity index (χ1v) is 8.03. The van der Waals surface area contributed by atoms with Crippen LogP contribution in [0.25, 0.3) is 11.4 Å². The van der Waals surface area contributed by atoms with Crippen LogP contribution >= 0.6 is 23.2 Å². The summed E-state index contributed by atoms with van der Waals surface area (Å²) >= 11 is 11.8. The predicted octanol–water partition coefficient (Wildman–Crippen LogP) is 3.98. The van der Waals surface area contributed by atoms with Crippen LogP contribution in [0.15, 0.2) is 47.0 Å². The number of benzene rings is 2. The molecule has 0 atom stereocenters. The normalized spacial score (nSPS) is 10.5. The topological polar surface area (TPSA) is 77.3 Å². The predicted molar refractivity (Wildman–Crippen MR) is 93.9 cm³/mol. The molecule has 0 fully saturated rings. The molecule has 0 aliphatic rings. The lowest BCUT2D eigenvalue weighted by molar-refractivity contribution is 0.0946. The maximum absolute atomic E-state index is 12.2. The van der Waals surface area contributed by atoms with Crippen molar-refractivity contribution in [2.75, 3.05) is 7.11 Å². The molecule has 1 aromatic heterocycles. The minimum absolute atomic E-state index is 0.0694. The molecule has 3 rings (SSSR count). The molecule has 8 heteroatoms. The summed E-state index contributed by atoms with van der Waals surface area (Å²) in [5.41, 5.74) is 1.02. The summed E-state index contributed by atoms with van der Waals surface area (Å²) in [5.74, 6) is 0.913. The summed E-state index contributed by atoms with van der Waals surface area (Å²) in [4.78, 5) is 16.4. The number of methoxy groups -OCH3 is 1. The fraction of sp³-hybridized carbons (Fsp3) is 0.118. The zero-order valence-electron chi connectivity index (χ0n) is 13.1. The molecule has 6 nitrogen and oxygen atoms in total. The molecule has 0 bridgehead atoms. The third-order valence-corrected chi connectivity index (χ3v) is 3.94. The maximum atomic E-state index is 12.2. The molecule has 0 aliphatic heterocycles. The maximum Gasteiger partial charge on any atom is 0.253 e. The van der Waals surface area contributed by atoms with Crippen molar-refractivity contribution in [3.63, 3.8) is 0 Å². The van der Waals surface area contributed by atoms with Gasteiger partial charge in [-0.25, -0.2) is 0 Å². The van der Waals surface area contributed by atoms with E-state index in [0.29, 0.717) is 27.7 Å². The highest BCUT2D eigenvalue weighted by Gasteiger charge is 2.15. The first-order chi connectivity index (χ1) is 12.1. The third kappa shape index (κ3) is 3.92. The van der Waals surface area contributed by atoms with Gasteiger partial charge in [0.15, 0.2) is 0 Å². The van der Waals surface area contributed by atoms with Gasteiger partial charge in [-0.2, -0.15) is 4.98 Å². The lowest BCUT2D eigenvalue weighted by atomic mass is 10.2. The molecule has 1 N–H and O–H groups in total. The highest BCUT2D eigenvalue weighted by Crippen LogP contribution is 2.27. The summed E-state index contributed by atoms with van der Waals surface area (Å²) in [6.07, 6.45) is 0. The molecule has 0 radical (unpaired) electrons. The Morgan fingerprint density at radius 1 is 1.24 bits per heavy atom. The molecule has 25 heavy (non-hydrogen) atoms. The Morgan fingerprint density at radius 2 is 2.04 bits per heavy atom. The number of ether oxygens (including phenoxy) is 1. The Kier molecular flexibility index (Phi) is 5.21. The van der Waals surface area contributed by atoms with Crippen molar-refractivity contribution in [2.24, 2.45) is 0 Å². The largest absolute Gasteiger partial charge is 0.496 e. The van der Waals surface area contributed by atoms with E-state index in [4.69, 9.17) is 32.5 Å². The van der Waals surface area contributed by atoms with Crippen LogP contribution in [0.4, 0.5) is 0 Å². The number of amides is 1. The second-order valence-electron chi connectivity index (χ2n) is 5.02. The molecule has 128 valence electrons. The average Bonchev–Trinajstić information content (AvgIpc) is 3.08. The van der Waals surface area contributed by atoms with Crippen LogP contribution in [0, 0.1) is 0 Å². The van der Waals surface area contributed by atoms with Crippen molar-refractivity contribution in [1.29, 1.82) is 0 Å². The number of hydrogen-bond acceptors (Lipinski definition) is 5. The van der Waals surface area contributed by atoms with Crippen molar-refractivity contribution in [2.45, 2.75) is 6.54 Å². The number of carbonyl (C=O) groups excluding carboxylic acids is 1. The van der Waals surface area contributed by atoms with Crippen molar-refractivity contribution in [1.82, 2.24) is 15.5 Å². The standard InChI is InChI=1S/C17H13Cl2N3O3/c1-24-14-5-3-2-4-12(14)16-21-15(25-22-16)9-20-17(23)11-7-6-10(18)8-13(11)19/h2-8H,9H2,1H3,(H,20,23). The van der Waals surface area contributed by atoms with Crippen LogP contribution < -0.4 is 10.1 Å². The van der Waals surface area contributed by atoms with Gasteiger partial charge in [-0.05, 0) is 30.3 Å². The van der Waals surface area contributed by atoms with Gasteiger partial charge in [0.1, 0.15) is 5.75 Å². The minimum atomic E-state index is -0.362. The van der Waals surface area contributed by atoms with E-state index in [9.17, 15) is 4.79 Å². The van der Waals surface area contributed by atoms with Gasteiger partial charge in [0.25, 0.3) is 5.91 Å². The van der Waals surface area contributed by atoms with Crippen molar-refractivity contribution in [3.05, 3.63) is 64.0 Å². The van der Waals surface area contributed by atoms with E-state index in [1.54, 1.807) is 25.3 Å². The van der Waals surface area contributed by atoms with Gasteiger partial charge in [-0.3, -0.25) is 4.79 Å². The second kappa shape index (κ2) is 7.55. The van der Waals surface area contributed by atoms with Gasteiger partial charge in [0.2, 0.25) is 11.7 Å². The Hall–Kier alpha value is -2.57. The Balaban J connectivity index is 1.70. The molecule has 1 amide bonds. The highest BCUT2D eigenvalue weighted by atomic mass is 35.5. The number of carbonyl (C=O) groups is 1. The molecule has 0 saturated heterocycles. The quantitative estimate of drug-likeness (QED) is 0.727. The zero-order chi connectivity index (χ0) is 17.8. The Labute approximate surface area is 153 Å². The molecule has 0 saturated carbocycles. The van der Waals surface area contributed by atoms with Gasteiger partial charge < -0.3 is 14.6 Å². The van der Waals surface area contributed by atoms with Gasteiger partial charge in [-0.15, -0.1) is 0 Å². The molecule has 2 aromatic carbocycles. The number of rotatable bonds is 5. The van der Waals surface area contributed by atoms with E-state index in [2.05, 4.69) is 15.5 Å². The zero-order valence-corrected chi connectivity index (χ0v) is 14.6. The van der Waals surface area contributed by atoms with E-state index in [-0.39, 0.29) is 23.4 Å². The van der Waals surface area contributed by atoms with Gasteiger partial charge in [0, 0.05) is 5.02 Å². The van der Waals surface area contributed by atoms with Crippen LogP contribution in [0.1, 0.15) is 16.2 Å². The number of nitrogens with one attached hydrogen (secondary N) is 1. The fourth-order valence-electron chi connectivity index (χ4n) is 2.19. The van der Waals surface area contributed by atoms with Crippen LogP contribution in [0.5, 0.6) is 5.75 Å². The summed E-state index contributed by atoms with van der Waals surface area (Å²) in [6, 6.07) is 12.0. The molecule has 0 aliphatic carbocycles. The van der Waals surface area contributed by atoms with Gasteiger partial charge in [0.05, 0.1) is 29.8 Å². The fourth-order valence-corrected chi connectivity index (χ4v) is 2.68. The van der Waals surface area contributed by atoms with E-state index in [0.717, 1.165) is 0 Å². The monoisotopic (exact) mass is 377 g/mol. The first-order valence-electron chi connectivity index (χ1n) is 7.27. The van der Waals surface area contributed by atoms with Crippen LogP contribution in [0.3, 0.4) is 0 Å². The van der Waals surface area contributed by atoms with E-state index < -0.39 is 0 Å². The molecule has 0 unspecified atom stereocenters. The first kappa shape index (κ1) is 17.3. The number of para-hydroxylation sites is 1. The van der Waals surface area contributed by atoms with E-state index in [1.165, 1.54) is 6.07 Å². The summed E-state index contributed by atoms with van der Waals surface area (Å²) in [5, 5.41) is 7.32. The molecule has 3 aromatic rings. The molecular weight excluding hydrogens is 365 g/mol. The lowest BCUT2D eigenvalue weighted by Gasteiger charge is -2.05. The van der Waals surface area contributed by atoms with E-state index in [1.807, 2.05) is 18.2 Å². The second-order valence-corrected chi connectivity index (χ2v) is 5.86. The van der Waals surface area contributed by atoms with Crippen molar-refractivity contribution >= 4 is 29.1 Å². The van der Waals surface area contributed by atoms with Crippen LogP contribution in [-0.4, -0.2) is 23.2 Å². The number of nitrogens with zero attached hydrogens (tertiary/aromatic N) is 2. The third-order valence-electron chi connectivity index (χ3n) is 3.39. The van der Waals surface area contributed by atoms with Gasteiger partial charge in [-0.1, -0.05) is 40.5 Å². The Bertz CT molecular complexity index is 912. The number of hydrogen-bond donors (Lipinski definition) is 1. The molecule has 0 spiro atoms. The van der Waals surface area contributed by atoms with Gasteiger partial charge >= 0.3 is 0 Å². The molecule has 1 heterocycles. The SMILES string of the molecule is COc1ccccc1-c1noc(CNC(=O)c2ccc(Cl)cc2Cl)n1.